The van der Waals surface area contributed by atoms with Crippen LogP contribution >= 0.6 is 11.6 Å². The molecular weight excluding hydrogens is 240 g/mol. The van der Waals surface area contributed by atoms with Gasteiger partial charge in [-0.05, 0) is 38.5 Å². The number of rotatable bonds is 4. The van der Waals surface area contributed by atoms with Gasteiger partial charge < -0.3 is 14.9 Å². The number of ether oxygens (including phenoxy) is 1. The summed E-state index contributed by atoms with van der Waals surface area (Å²) in [6.07, 6.45) is -1.91. The van der Waals surface area contributed by atoms with Crippen LogP contribution in [0.4, 0.5) is 0 Å². The molecule has 0 aliphatic carbocycles. The van der Waals surface area contributed by atoms with Gasteiger partial charge in [0.15, 0.2) is 0 Å². The number of benzene rings is 1. The van der Waals surface area contributed by atoms with Gasteiger partial charge in [0.1, 0.15) is 17.5 Å². The monoisotopic (exact) mass is 258 g/mol. The number of halogens is 1. The van der Waals surface area contributed by atoms with Crippen LogP contribution in [0.15, 0.2) is 24.3 Å². The van der Waals surface area contributed by atoms with E-state index in [2.05, 4.69) is 0 Å². The SMILES string of the molecule is CC(C)(C)Oc1ccc(C(O)C(O)CCl)cc1. The van der Waals surface area contributed by atoms with Gasteiger partial charge in [-0.15, -0.1) is 11.6 Å². The van der Waals surface area contributed by atoms with Crippen LogP contribution in [-0.4, -0.2) is 27.8 Å². The fraction of sp³-hybridized carbons (Fsp3) is 0.538. The maximum absolute atomic E-state index is 9.74. The fourth-order valence-corrected chi connectivity index (χ4v) is 1.56. The summed E-state index contributed by atoms with van der Waals surface area (Å²) >= 11 is 5.48. The number of aliphatic hydroxyl groups is 2. The van der Waals surface area contributed by atoms with Crippen LogP contribution in [0.2, 0.25) is 0 Å². The first-order valence-electron chi connectivity index (χ1n) is 5.54. The molecule has 1 aromatic rings. The Morgan fingerprint density at radius 1 is 1.18 bits per heavy atom. The number of alkyl halides is 1. The third-order valence-electron chi connectivity index (χ3n) is 2.17. The minimum atomic E-state index is -0.962. The second-order valence-electron chi connectivity index (χ2n) is 4.95. The van der Waals surface area contributed by atoms with Crippen molar-refractivity contribution in [3.63, 3.8) is 0 Å². The molecule has 1 aromatic carbocycles. The van der Waals surface area contributed by atoms with Gasteiger partial charge in [-0.25, -0.2) is 0 Å². The van der Waals surface area contributed by atoms with Gasteiger partial charge in [0.25, 0.3) is 0 Å². The summed E-state index contributed by atoms with van der Waals surface area (Å²) in [6, 6.07) is 6.98. The highest BCUT2D eigenvalue weighted by Gasteiger charge is 2.17. The summed E-state index contributed by atoms with van der Waals surface area (Å²) in [5, 5.41) is 19.2. The van der Waals surface area contributed by atoms with E-state index in [9.17, 15) is 10.2 Å². The summed E-state index contributed by atoms with van der Waals surface area (Å²) in [7, 11) is 0. The molecule has 2 unspecified atom stereocenters. The molecule has 96 valence electrons. The van der Waals surface area contributed by atoms with Crippen LogP contribution in [0.25, 0.3) is 0 Å². The van der Waals surface area contributed by atoms with E-state index in [1.807, 2.05) is 20.8 Å². The van der Waals surface area contributed by atoms with Crippen molar-refractivity contribution in [2.45, 2.75) is 38.6 Å². The normalized spacial score (nSPS) is 15.4. The van der Waals surface area contributed by atoms with E-state index in [1.165, 1.54) is 0 Å². The predicted molar refractivity (Wildman–Crippen MR) is 68.5 cm³/mol. The van der Waals surface area contributed by atoms with Crippen LogP contribution in [0.1, 0.15) is 32.4 Å². The van der Waals surface area contributed by atoms with Gasteiger partial charge >= 0.3 is 0 Å². The zero-order valence-electron chi connectivity index (χ0n) is 10.4. The molecule has 0 heterocycles. The Kier molecular flexibility index (Phi) is 4.80. The molecule has 0 spiro atoms. The molecule has 0 aromatic heterocycles. The summed E-state index contributed by atoms with van der Waals surface area (Å²) < 4.78 is 5.65. The molecule has 2 atom stereocenters. The van der Waals surface area contributed by atoms with Crippen LogP contribution in [0.3, 0.4) is 0 Å². The Morgan fingerprint density at radius 2 is 1.71 bits per heavy atom. The van der Waals surface area contributed by atoms with Crippen molar-refractivity contribution < 1.29 is 14.9 Å². The smallest absolute Gasteiger partial charge is 0.120 e. The maximum Gasteiger partial charge on any atom is 0.120 e. The standard InChI is InChI=1S/C13H19ClO3/c1-13(2,3)17-10-6-4-9(5-7-10)12(16)11(15)8-14/h4-7,11-12,15-16H,8H2,1-3H3. The van der Waals surface area contributed by atoms with Gasteiger partial charge in [-0.1, -0.05) is 12.1 Å². The molecule has 0 saturated carbocycles. The Morgan fingerprint density at radius 3 is 2.12 bits per heavy atom. The quantitative estimate of drug-likeness (QED) is 0.816. The minimum Gasteiger partial charge on any atom is -0.488 e. The summed E-state index contributed by atoms with van der Waals surface area (Å²) in [5.41, 5.74) is 0.370. The molecule has 0 aliphatic rings. The van der Waals surface area contributed by atoms with E-state index >= 15 is 0 Å². The first-order valence-corrected chi connectivity index (χ1v) is 6.08. The molecule has 1 rings (SSSR count). The van der Waals surface area contributed by atoms with Gasteiger partial charge in [-0.3, -0.25) is 0 Å². The highest BCUT2D eigenvalue weighted by atomic mass is 35.5. The molecule has 0 aliphatic heterocycles. The average Bonchev–Trinajstić information content (AvgIpc) is 2.26. The lowest BCUT2D eigenvalue weighted by Gasteiger charge is -2.22. The lowest BCUT2D eigenvalue weighted by Crippen LogP contribution is -2.23. The van der Waals surface area contributed by atoms with Crippen LogP contribution in [0, 0.1) is 0 Å². The molecule has 2 N–H and O–H groups in total. The van der Waals surface area contributed by atoms with Gasteiger partial charge in [0, 0.05) is 0 Å². The zero-order valence-corrected chi connectivity index (χ0v) is 11.1. The van der Waals surface area contributed by atoms with Crippen LogP contribution in [-0.2, 0) is 0 Å². The van der Waals surface area contributed by atoms with E-state index in [0.717, 1.165) is 5.75 Å². The third kappa shape index (κ3) is 4.54. The lowest BCUT2D eigenvalue weighted by molar-refractivity contribution is 0.0326. The van der Waals surface area contributed by atoms with E-state index in [0.29, 0.717) is 5.56 Å². The molecular formula is C13H19ClO3. The van der Waals surface area contributed by atoms with Crippen molar-refractivity contribution in [3.8, 4) is 5.75 Å². The lowest BCUT2D eigenvalue weighted by atomic mass is 10.1. The van der Waals surface area contributed by atoms with Crippen molar-refractivity contribution in [1.29, 1.82) is 0 Å². The van der Waals surface area contributed by atoms with Crippen LogP contribution in [0.5, 0.6) is 5.75 Å². The second kappa shape index (κ2) is 5.71. The highest BCUT2D eigenvalue weighted by Crippen LogP contribution is 2.23. The largest absolute Gasteiger partial charge is 0.488 e. The van der Waals surface area contributed by atoms with Crippen molar-refractivity contribution >= 4 is 11.6 Å². The zero-order chi connectivity index (χ0) is 13.1. The van der Waals surface area contributed by atoms with Crippen molar-refractivity contribution in [2.24, 2.45) is 0 Å². The minimum absolute atomic E-state index is 0.00140. The third-order valence-corrected chi connectivity index (χ3v) is 2.48. The van der Waals surface area contributed by atoms with Crippen molar-refractivity contribution in [3.05, 3.63) is 29.8 Å². The summed E-state index contributed by atoms with van der Waals surface area (Å²) in [4.78, 5) is 0. The first-order chi connectivity index (χ1) is 7.83. The second-order valence-corrected chi connectivity index (χ2v) is 5.26. The number of aliphatic hydroxyl groups excluding tert-OH is 2. The molecule has 0 saturated heterocycles. The van der Waals surface area contributed by atoms with Gasteiger partial charge in [-0.2, -0.15) is 0 Å². The number of hydrogen-bond acceptors (Lipinski definition) is 3. The topological polar surface area (TPSA) is 49.7 Å². The highest BCUT2D eigenvalue weighted by molar-refractivity contribution is 6.18. The van der Waals surface area contributed by atoms with E-state index in [1.54, 1.807) is 24.3 Å². The molecule has 0 fully saturated rings. The fourth-order valence-electron chi connectivity index (χ4n) is 1.39. The van der Waals surface area contributed by atoms with Gasteiger partial charge in [0.2, 0.25) is 0 Å². The maximum atomic E-state index is 9.74. The van der Waals surface area contributed by atoms with Crippen LogP contribution < -0.4 is 4.74 Å². The molecule has 0 amide bonds. The Hall–Kier alpha value is -0.770. The number of hydrogen-bond donors (Lipinski definition) is 2. The van der Waals surface area contributed by atoms with Crippen molar-refractivity contribution in [2.75, 3.05) is 5.88 Å². The van der Waals surface area contributed by atoms with E-state index in [4.69, 9.17) is 16.3 Å². The predicted octanol–water partition coefficient (Wildman–Crippen LogP) is 2.50. The average molecular weight is 259 g/mol. The Balaban J connectivity index is 2.74. The summed E-state index contributed by atoms with van der Waals surface area (Å²) in [5.74, 6) is 0.732. The molecule has 0 radical (unpaired) electrons. The molecule has 0 bridgehead atoms. The first kappa shape index (κ1) is 14.3. The molecule has 4 heteroatoms. The Labute approximate surface area is 107 Å². The molecule has 17 heavy (non-hydrogen) atoms. The van der Waals surface area contributed by atoms with E-state index in [-0.39, 0.29) is 11.5 Å². The Bertz CT molecular complexity index is 343. The molecule has 3 nitrogen and oxygen atoms in total. The van der Waals surface area contributed by atoms with Crippen molar-refractivity contribution in [1.82, 2.24) is 0 Å². The van der Waals surface area contributed by atoms with Gasteiger partial charge in [0.05, 0.1) is 12.0 Å². The van der Waals surface area contributed by atoms with E-state index < -0.39 is 12.2 Å². The summed E-state index contributed by atoms with van der Waals surface area (Å²) in [6.45, 7) is 5.90.